The molecule has 0 saturated carbocycles. The molecule has 0 amide bonds. The maximum Gasteiger partial charge on any atom is 0.161 e. The van der Waals surface area contributed by atoms with Gasteiger partial charge in [0.15, 0.2) is 5.78 Å². The number of carbonyl (C=O) groups excluding carboxylic acids is 1. The summed E-state index contributed by atoms with van der Waals surface area (Å²) >= 11 is 0. The molecule has 1 N–H and O–H groups in total. The quantitative estimate of drug-likeness (QED) is 0.292. The zero-order valence-corrected chi connectivity index (χ0v) is 21.4. The van der Waals surface area contributed by atoms with Gasteiger partial charge in [0.05, 0.1) is 24.6 Å². The first-order chi connectivity index (χ1) is 16.5. The highest BCUT2D eigenvalue weighted by atomic mass is 16.5. The van der Waals surface area contributed by atoms with E-state index in [2.05, 4.69) is 39.7 Å². The molecule has 0 unspecified atom stereocenters. The Morgan fingerprint density at radius 3 is 2.59 bits per heavy atom. The van der Waals surface area contributed by atoms with E-state index < -0.39 is 0 Å². The molecular weight excluding hydrogens is 422 g/mol. The highest BCUT2D eigenvalue weighted by Crippen LogP contribution is 2.24. The number of rotatable bonds is 9. The number of aliphatic imine (C=N–C) groups is 1. The molecular formula is C29H39N3O2. The molecule has 1 aliphatic rings. The van der Waals surface area contributed by atoms with Crippen LogP contribution in [-0.2, 0) is 16.0 Å². The van der Waals surface area contributed by atoms with Gasteiger partial charge in [-0.1, -0.05) is 56.9 Å². The minimum atomic E-state index is -0.0105. The fourth-order valence-electron chi connectivity index (χ4n) is 3.90. The molecule has 0 atom stereocenters. The van der Waals surface area contributed by atoms with Crippen molar-refractivity contribution in [2.75, 3.05) is 39.9 Å². The summed E-state index contributed by atoms with van der Waals surface area (Å²) in [5.74, 6) is -0.0105. The van der Waals surface area contributed by atoms with Crippen LogP contribution in [0.1, 0.15) is 39.0 Å². The van der Waals surface area contributed by atoms with Crippen molar-refractivity contribution < 1.29 is 9.53 Å². The molecule has 1 aromatic carbocycles. The standard InChI is InChI=1S/C27H33N3O2.C2H6/c1-5-7-22(8-6-2)25(28-4)19-24(20(3)31)27-18-23-10-9-21(17-26(23)29-27)11-12-30-13-15-32-16-14-30;1-2/h5-10,17-19,29H,1,11-16H2,2-4H3;1-2H3/b8-6-,22-7+,24-19+,28-25?;. The van der Waals surface area contributed by atoms with Crippen LogP contribution in [-0.4, -0.2) is 61.3 Å². The van der Waals surface area contributed by atoms with Crippen LogP contribution in [0.5, 0.6) is 0 Å². The second kappa shape index (κ2) is 14.3. The summed E-state index contributed by atoms with van der Waals surface area (Å²) in [5.41, 5.74) is 5.37. The molecule has 5 heteroatoms. The third kappa shape index (κ3) is 7.51. The molecule has 2 aromatic rings. The van der Waals surface area contributed by atoms with Gasteiger partial charge in [-0.2, -0.15) is 0 Å². The molecule has 34 heavy (non-hydrogen) atoms. The number of ether oxygens (including phenoxy) is 1. The third-order valence-electron chi connectivity index (χ3n) is 5.64. The molecule has 0 spiro atoms. The highest BCUT2D eigenvalue weighted by molar-refractivity contribution is 6.27. The summed E-state index contributed by atoms with van der Waals surface area (Å²) in [6, 6.07) is 8.52. The fourth-order valence-corrected chi connectivity index (χ4v) is 3.90. The molecule has 0 aliphatic carbocycles. The molecule has 1 aliphatic heterocycles. The first-order valence-corrected chi connectivity index (χ1v) is 12.1. The van der Waals surface area contributed by atoms with Gasteiger partial charge in [0.25, 0.3) is 0 Å². The van der Waals surface area contributed by atoms with Crippen LogP contribution in [0.25, 0.3) is 16.5 Å². The van der Waals surface area contributed by atoms with Gasteiger partial charge in [-0.15, -0.1) is 0 Å². The van der Waals surface area contributed by atoms with Crippen LogP contribution in [0.15, 0.2) is 71.8 Å². The number of nitrogens with zero attached hydrogens (tertiary/aromatic N) is 2. The van der Waals surface area contributed by atoms with Crippen molar-refractivity contribution in [1.29, 1.82) is 0 Å². The van der Waals surface area contributed by atoms with Gasteiger partial charge >= 0.3 is 0 Å². The van der Waals surface area contributed by atoms with E-state index in [0.717, 1.165) is 67.2 Å². The van der Waals surface area contributed by atoms with Crippen molar-refractivity contribution >= 4 is 28.0 Å². The Balaban J connectivity index is 0.00000199. The van der Waals surface area contributed by atoms with Gasteiger partial charge in [-0.25, -0.2) is 0 Å². The lowest BCUT2D eigenvalue weighted by Gasteiger charge is -2.26. The minimum Gasteiger partial charge on any atom is -0.379 e. The van der Waals surface area contributed by atoms with Gasteiger partial charge < -0.3 is 9.72 Å². The van der Waals surface area contributed by atoms with Crippen LogP contribution in [0.2, 0.25) is 0 Å². The molecule has 5 nitrogen and oxygen atoms in total. The smallest absolute Gasteiger partial charge is 0.161 e. The van der Waals surface area contributed by atoms with Crippen molar-refractivity contribution in [3.05, 3.63) is 78.1 Å². The van der Waals surface area contributed by atoms with E-state index in [1.165, 1.54) is 5.56 Å². The Morgan fingerprint density at radius 1 is 1.24 bits per heavy atom. The summed E-state index contributed by atoms with van der Waals surface area (Å²) in [4.78, 5) is 22.8. The Morgan fingerprint density at radius 2 is 1.97 bits per heavy atom. The second-order valence-electron chi connectivity index (χ2n) is 7.89. The number of hydrogen-bond donors (Lipinski definition) is 1. The van der Waals surface area contributed by atoms with E-state index >= 15 is 0 Å². The van der Waals surface area contributed by atoms with E-state index in [0.29, 0.717) is 5.57 Å². The number of fused-ring (bicyclic) bond motifs is 1. The molecule has 1 fully saturated rings. The largest absolute Gasteiger partial charge is 0.379 e. The Bertz CT molecular complexity index is 1080. The third-order valence-corrected chi connectivity index (χ3v) is 5.64. The molecule has 0 radical (unpaired) electrons. The first-order valence-electron chi connectivity index (χ1n) is 12.1. The molecule has 2 heterocycles. The normalized spacial score (nSPS) is 16.0. The second-order valence-corrected chi connectivity index (χ2v) is 7.89. The number of nitrogens with one attached hydrogen (secondary N) is 1. The van der Waals surface area contributed by atoms with Gasteiger partial charge in [0.1, 0.15) is 0 Å². The SMILES string of the molecule is C=C/C=C(\C=C/C)C(/C=C(\C(C)=O)c1cc2ccc(CCN3CCOCC3)cc2[nH]1)=NC.CC. The Hall–Kier alpha value is -3.02. The van der Waals surface area contributed by atoms with Crippen molar-refractivity contribution in [2.24, 2.45) is 4.99 Å². The van der Waals surface area contributed by atoms with Gasteiger partial charge in [-0.3, -0.25) is 14.7 Å². The van der Waals surface area contributed by atoms with Crippen molar-refractivity contribution in [3.8, 4) is 0 Å². The predicted molar refractivity (Wildman–Crippen MR) is 146 cm³/mol. The van der Waals surface area contributed by atoms with Crippen molar-refractivity contribution in [1.82, 2.24) is 9.88 Å². The number of benzene rings is 1. The number of Topliss-reactive ketones (excluding diaryl/α,β-unsaturated/α-hetero) is 1. The van der Waals surface area contributed by atoms with Crippen LogP contribution in [0.3, 0.4) is 0 Å². The number of aromatic amines is 1. The highest BCUT2D eigenvalue weighted by Gasteiger charge is 2.14. The number of hydrogen-bond acceptors (Lipinski definition) is 4. The maximum absolute atomic E-state index is 12.5. The van der Waals surface area contributed by atoms with Crippen molar-refractivity contribution in [3.63, 3.8) is 0 Å². The maximum atomic E-state index is 12.5. The predicted octanol–water partition coefficient (Wildman–Crippen LogP) is 5.80. The van der Waals surface area contributed by atoms with Crippen LogP contribution in [0, 0.1) is 0 Å². The van der Waals surface area contributed by atoms with E-state index in [9.17, 15) is 4.79 Å². The van der Waals surface area contributed by atoms with E-state index in [4.69, 9.17) is 4.74 Å². The van der Waals surface area contributed by atoms with Crippen LogP contribution in [0.4, 0.5) is 0 Å². The average molecular weight is 462 g/mol. The lowest BCUT2D eigenvalue weighted by atomic mass is 10.0. The summed E-state index contributed by atoms with van der Waals surface area (Å²) in [6.45, 7) is 16.0. The topological polar surface area (TPSA) is 57.7 Å². The van der Waals surface area contributed by atoms with E-state index in [1.807, 2.05) is 51.1 Å². The first kappa shape index (κ1) is 27.2. The molecule has 182 valence electrons. The van der Waals surface area contributed by atoms with Crippen LogP contribution >= 0.6 is 0 Å². The Kier molecular flexibility index (Phi) is 11.4. The zero-order valence-electron chi connectivity index (χ0n) is 21.4. The van der Waals surface area contributed by atoms with Gasteiger partial charge in [0.2, 0.25) is 0 Å². The van der Waals surface area contributed by atoms with Crippen LogP contribution < -0.4 is 0 Å². The number of allylic oxidation sites excluding steroid dienone is 7. The molecule has 0 bridgehead atoms. The molecule has 3 rings (SSSR count). The summed E-state index contributed by atoms with van der Waals surface area (Å²) in [6.07, 6.45) is 10.4. The van der Waals surface area contributed by atoms with Gasteiger partial charge in [0, 0.05) is 43.2 Å². The number of aromatic nitrogens is 1. The van der Waals surface area contributed by atoms with Gasteiger partial charge in [-0.05, 0) is 49.6 Å². The van der Waals surface area contributed by atoms with E-state index in [1.54, 1.807) is 20.0 Å². The summed E-state index contributed by atoms with van der Waals surface area (Å²) in [5, 5.41) is 1.09. The lowest BCUT2D eigenvalue weighted by Crippen LogP contribution is -2.37. The molecule has 1 aromatic heterocycles. The average Bonchev–Trinajstić information content (AvgIpc) is 3.28. The van der Waals surface area contributed by atoms with Crippen molar-refractivity contribution in [2.45, 2.75) is 34.1 Å². The number of ketones is 1. The Labute approximate surface area is 204 Å². The zero-order chi connectivity index (χ0) is 24.9. The lowest BCUT2D eigenvalue weighted by molar-refractivity contribution is -0.111. The molecule has 1 saturated heterocycles. The monoisotopic (exact) mass is 461 g/mol. The number of carbonyl (C=O) groups is 1. The minimum absolute atomic E-state index is 0.0105. The fraction of sp³-hybridized carbons (Fsp3) is 0.379. The number of morpholine rings is 1. The van der Waals surface area contributed by atoms with E-state index in [-0.39, 0.29) is 5.78 Å². The summed E-state index contributed by atoms with van der Waals surface area (Å²) in [7, 11) is 1.73. The number of H-pyrrole nitrogens is 1. The summed E-state index contributed by atoms with van der Waals surface area (Å²) < 4.78 is 5.43.